The predicted octanol–water partition coefficient (Wildman–Crippen LogP) is 4.89. The Kier molecular flexibility index (Phi) is 6.72. The van der Waals surface area contributed by atoms with Crippen molar-refractivity contribution < 1.29 is 14.3 Å². The fourth-order valence-electron chi connectivity index (χ4n) is 3.68. The molecule has 0 saturated carbocycles. The molecule has 0 spiro atoms. The van der Waals surface area contributed by atoms with E-state index in [1.165, 1.54) is 0 Å². The quantitative estimate of drug-likeness (QED) is 0.465. The number of hydrogen-bond acceptors (Lipinski definition) is 6. The Morgan fingerprint density at radius 2 is 1.97 bits per heavy atom. The fourth-order valence-corrected chi connectivity index (χ4v) is 4.40. The molecule has 1 unspecified atom stereocenters. The molecule has 166 valence electrons. The number of anilines is 3. The van der Waals surface area contributed by atoms with Gasteiger partial charge in [0.1, 0.15) is 6.61 Å². The number of rotatable bonds is 6. The summed E-state index contributed by atoms with van der Waals surface area (Å²) in [7, 11) is 2.04. The maximum Gasteiger partial charge on any atom is 0.411 e. The van der Waals surface area contributed by atoms with Crippen molar-refractivity contribution >= 4 is 40.4 Å². The van der Waals surface area contributed by atoms with E-state index in [4.69, 9.17) is 10.5 Å². The lowest BCUT2D eigenvalue weighted by Crippen LogP contribution is -2.31. The highest BCUT2D eigenvalue weighted by Gasteiger charge is 2.22. The van der Waals surface area contributed by atoms with E-state index in [0.717, 1.165) is 29.8 Å². The van der Waals surface area contributed by atoms with Gasteiger partial charge >= 0.3 is 6.09 Å². The van der Waals surface area contributed by atoms with E-state index >= 15 is 0 Å². The number of hydrogen-bond donors (Lipinski definition) is 3. The first-order valence-electron chi connectivity index (χ1n) is 10.5. The monoisotopic (exact) mass is 450 g/mol. The van der Waals surface area contributed by atoms with Crippen molar-refractivity contribution in [3.8, 4) is 10.4 Å². The minimum Gasteiger partial charge on any atom is -0.448 e. The van der Waals surface area contributed by atoms with Crippen molar-refractivity contribution in [2.75, 3.05) is 36.6 Å². The van der Waals surface area contributed by atoms with Gasteiger partial charge in [0.15, 0.2) is 0 Å². The van der Waals surface area contributed by atoms with Gasteiger partial charge in [-0.2, -0.15) is 0 Å². The molecule has 1 fully saturated rings. The Morgan fingerprint density at radius 3 is 2.66 bits per heavy atom. The smallest absolute Gasteiger partial charge is 0.411 e. The lowest BCUT2D eigenvalue weighted by Gasteiger charge is -2.19. The molecule has 4 N–H and O–H groups in total. The Morgan fingerprint density at radius 1 is 1.16 bits per heavy atom. The fraction of sp³-hybridized carbons (Fsp3) is 0.250. The highest BCUT2D eigenvalue weighted by molar-refractivity contribution is 7.13. The first-order chi connectivity index (χ1) is 15.5. The Hall–Kier alpha value is -3.36. The van der Waals surface area contributed by atoms with Crippen molar-refractivity contribution in [2.24, 2.45) is 0 Å². The predicted molar refractivity (Wildman–Crippen MR) is 129 cm³/mol. The summed E-state index contributed by atoms with van der Waals surface area (Å²) in [5.74, 6) is -0.279. The molecule has 0 aliphatic carbocycles. The standard InChI is InChI=1S/C24H26N4O3S/c1-28-12-2-4-19(28)15-31-24(30)26-18-9-6-16(7-10-18)23(29)27-21-14-17(8-11-20(21)25)22-5-3-13-32-22/h3,5-11,13-14,19H,2,4,12,15,25H2,1H3,(H,26,30)(H,27,29). The van der Waals surface area contributed by atoms with Crippen LogP contribution in [-0.2, 0) is 4.74 Å². The minimum absolute atomic E-state index is 0.276. The highest BCUT2D eigenvalue weighted by atomic mass is 32.1. The number of likely N-dealkylation sites (N-methyl/N-ethyl adjacent to an activating group) is 1. The number of nitrogens with zero attached hydrogens (tertiary/aromatic N) is 1. The third kappa shape index (κ3) is 5.27. The number of carbonyl (C=O) groups is 2. The normalized spacial score (nSPS) is 16.0. The number of amides is 2. The highest BCUT2D eigenvalue weighted by Crippen LogP contribution is 2.30. The lowest BCUT2D eigenvalue weighted by molar-refractivity contribution is 0.102. The minimum atomic E-state index is -0.499. The second kappa shape index (κ2) is 9.84. The van der Waals surface area contributed by atoms with Gasteiger partial charge in [0.2, 0.25) is 0 Å². The molecule has 2 heterocycles. The molecule has 8 heteroatoms. The van der Waals surface area contributed by atoms with Crippen LogP contribution < -0.4 is 16.4 Å². The Bertz CT molecular complexity index is 1080. The molecular formula is C24H26N4O3S. The van der Waals surface area contributed by atoms with E-state index in [9.17, 15) is 9.59 Å². The van der Waals surface area contributed by atoms with Crippen molar-refractivity contribution in [1.29, 1.82) is 0 Å². The Balaban J connectivity index is 1.34. The summed E-state index contributed by atoms with van der Waals surface area (Å²) in [6.07, 6.45) is 1.66. The summed E-state index contributed by atoms with van der Waals surface area (Å²) in [6.45, 7) is 1.40. The zero-order chi connectivity index (χ0) is 22.5. The summed E-state index contributed by atoms with van der Waals surface area (Å²) in [5.41, 5.74) is 9.12. The number of nitrogens with two attached hydrogens (primary N) is 1. The molecule has 2 aromatic carbocycles. The molecule has 0 bridgehead atoms. The maximum atomic E-state index is 12.7. The average molecular weight is 451 g/mol. The first kappa shape index (κ1) is 21.9. The second-order valence-electron chi connectivity index (χ2n) is 7.81. The van der Waals surface area contributed by atoms with Crippen LogP contribution in [-0.4, -0.2) is 43.1 Å². The van der Waals surface area contributed by atoms with Crippen molar-refractivity contribution in [1.82, 2.24) is 4.90 Å². The molecule has 7 nitrogen and oxygen atoms in total. The molecule has 1 aliphatic rings. The third-order valence-corrected chi connectivity index (χ3v) is 6.50. The number of nitrogen functional groups attached to an aromatic ring is 1. The van der Waals surface area contributed by atoms with Crippen LogP contribution in [0, 0.1) is 0 Å². The number of benzene rings is 2. The molecular weight excluding hydrogens is 424 g/mol. The number of ether oxygens (including phenoxy) is 1. The number of likely N-dealkylation sites (tertiary alicyclic amines) is 1. The van der Waals surface area contributed by atoms with Crippen LogP contribution in [0.15, 0.2) is 60.0 Å². The molecule has 0 radical (unpaired) electrons. The van der Waals surface area contributed by atoms with Crippen LogP contribution in [0.5, 0.6) is 0 Å². The molecule has 1 aromatic heterocycles. The topological polar surface area (TPSA) is 96.7 Å². The molecule has 4 rings (SSSR count). The van der Waals surface area contributed by atoms with E-state index < -0.39 is 6.09 Å². The van der Waals surface area contributed by atoms with Gasteiger partial charge in [0.05, 0.1) is 11.4 Å². The number of nitrogens with one attached hydrogen (secondary N) is 2. The van der Waals surface area contributed by atoms with Gasteiger partial charge in [-0.25, -0.2) is 4.79 Å². The van der Waals surface area contributed by atoms with Crippen LogP contribution >= 0.6 is 11.3 Å². The van der Waals surface area contributed by atoms with Crippen molar-refractivity contribution in [3.63, 3.8) is 0 Å². The second-order valence-corrected chi connectivity index (χ2v) is 8.76. The number of thiophene rings is 1. The molecule has 1 saturated heterocycles. The van der Waals surface area contributed by atoms with Gasteiger partial charge in [-0.05, 0) is 79.8 Å². The van der Waals surface area contributed by atoms with Gasteiger partial charge in [-0.15, -0.1) is 11.3 Å². The zero-order valence-electron chi connectivity index (χ0n) is 17.8. The van der Waals surface area contributed by atoms with E-state index in [1.807, 2.05) is 36.7 Å². The molecule has 2 amide bonds. The number of carbonyl (C=O) groups excluding carboxylic acids is 2. The van der Waals surface area contributed by atoms with E-state index in [1.54, 1.807) is 41.7 Å². The van der Waals surface area contributed by atoms with Crippen molar-refractivity contribution in [2.45, 2.75) is 18.9 Å². The van der Waals surface area contributed by atoms with Crippen LogP contribution in [0.4, 0.5) is 21.9 Å². The molecule has 3 aromatic rings. The SMILES string of the molecule is CN1CCCC1COC(=O)Nc1ccc(C(=O)Nc2cc(-c3cccs3)ccc2N)cc1. The van der Waals surface area contributed by atoms with Crippen LogP contribution in [0.3, 0.4) is 0 Å². The summed E-state index contributed by atoms with van der Waals surface area (Å²) < 4.78 is 5.33. The van der Waals surface area contributed by atoms with Crippen molar-refractivity contribution in [3.05, 3.63) is 65.5 Å². The maximum absolute atomic E-state index is 12.7. The summed E-state index contributed by atoms with van der Waals surface area (Å²) in [5, 5.41) is 7.57. The lowest BCUT2D eigenvalue weighted by atomic mass is 10.1. The zero-order valence-corrected chi connectivity index (χ0v) is 18.7. The molecule has 1 aliphatic heterocycles. The van der Waals surface area contributed by atoms with Gasteiger partial charge in [0.25, 0.3) is 5.91 Å². The van der Waals surface area contributed by atoms with Gasteiger partial charge in [-0.1, -0.05) is 12.1 Å². The third-order valence-electron chi connectivity index (χ3n) is 5.58. The van der Waals surface area contributed by atoms with Gasteiger partial charge in [-0.3, -0.25) is 10.1 Å². The van der Waals surface area contributed by atoms with Crippen LogP contribution in [0.2, 0.25) is 0 Å². The largest absolute Gasteiger partial charge is 0.448 e. The average Bonchev–Trinajstić information content (AvgIpc) is 3.46. The summed E-state index contributed by atoms with van der Waals surface area (Å²) in [4.78, 5) is 28.1. The van der Waals surface area contributed by atoms with E-state index in [0.29, 0.717) is 29.2 Å². The molecule has 32 heavy (non-hydrogen) atoms. The van der Waals surface area contributed by atoms with Crippen LogP contribution in [0.25, 0.3) is 10.4 Å². The Labute approximate surface area is 191 Å². The van der Waals surface area contributed by atoms with E-state index in [-0.39, 0.29) is 11.9 Å². The summed E-state index contributed by atoms with van der Waals surface area (Å²) >= 11 is 1.62. The van der Waals surface area contributed by atoms with E-state index in [2.05, 4.69) is 15.5 Å². The van der Waals surface area contributed by atoms with Crippen LogP contribution in [0.1, 0.15) is 23.2 Å². The molecule has 1 atom stereocenters. The first-order valence-corrected chi connectivity index (χ1v) is 11.4. The van der Waals surface area contributed by atoms with Gasteiger partial charge < -0.3 is 20.7 Å². The summed E-state index contributed by atoms with van der Waals surface area (Å²) in [6, 6.07) is 16.5. The van der Waals surface area contributed by atoms with Gasteiger partial charge in [0, 0.05) is 22.2 Å².